The van der Waals surface area contributed by atoms with Crippen LogP contribution < -0.4 is 0 Å². The molecule has 1 aliphatic carbocycles. The zero-order chi connectivity index (χ0) is 14.0. The molecule has 1 aromatic carbocycles. The van der Waals surface area contributed by atoms with Gasteiger partial charge in [0.15, 0.2) is 0 Å². The summed E-state index contributed by atoms with van der Waals surface area (Å²) in [5.74, 6) is 0.300. The molecule has 0 spiro atoms. The van der Waals surface area contributed by atoms with Gasteiger partial charge < -0.3 is 0 Å². The Morgan fingerprint density at radius 2 is 1.89 bits per heavy atom. The lowest BCUT2D eigenvalue weighted by atomic mass is 10.2. The number of sulfonamides is 1. The van der Waals surface area contributed by atoms with Crippen molar-refractivity contribution in [3.05, 3.63) is 29.8 Å². The lowest BCUT2D eigenvalue weighted by molar-refractivity contribution is 0.360. The summed E-state index contributed by atoms with van der Waals surface area (Å²) in [6, 6.07) is 8.28. The normalized spacial score (nSPS) is 15.7. The van der Waals surface area contributed by atoms with E-state index in [4.69, 9.17) is 5.26 Å². The smallest absolute Gasteiger partial charge is 0.207 e. The third kappa shape index (κ3) is 3.14. The van der Waals surface area contributed by atoms with E-state index in [0.29, 0.717) is 18.0 Å². The Balaban J connectivity index is 2.30. The highest BCUT2D eigenvalue weighted by atomic mass is 32.2. The standard InChI is InChI=1S/C14H18N2O2S/c1-11(2)10-16(13-5-6-13)19(17,18)14-7-3-12(9-15)4-8-14/h3-4,7-8,11,13H,5-6,10H2,1-2H3. The average molecular weight is 278 g/mol. The molecule has 1 aromatic rings. The van der Waals surface area contributed by atoms with Gasteiger partial charge in [-0.25, -0.2) is 8.42 Å². The van der Waals surface area contributed by atoms with E-state index in [-0.39, 0.29) is 10.9 Å². The molecule has 0 aliphatic heterocycles. The van der Waals surface area contributed by atoms with Crippen molar-refractivity contribution in [1.29, 1.82) is 5.26 Å². The summed E-state index contributed by atoms with van der Waals surface area (Å²) >= 11 is 0. The van der Waals surface area contributed by atoms with E-state index in [1.54, 1.807) is 16.4 Å². The number of benzene rings is 1. The minimum Gasteiger partial charge on any atom is -0.207 e. The van der Waals surface area contributed by atoms with E-state index in [1.807, 2.05) is 19.9 Å². The predicted octanol–water partition coefficient (Wildman–Crippen LogP) is 2.37. The van der Waals surface area contributed by atoms with Gasteiger partial charge in [-0.15, -0.1) is 0 Å². The second-order valence-electron chi connectivity index (χ2n) is 5.34. The summed E-state index contributed by atoms with van der Waals surface area (Å²) in [6.45, 7) is 4.58. The number of rotatable bonds is 5. The highest BCUT2D eigenvalue weighted by molar-refractivity contribution is 7.89. The fourth-order valence-electron chi connectivity index (χ4n) is 2.00. The molecule has 1 fully saturated rings. The number of nitriles is 1. The van der Waals surface area contributed by atoms with Gasteiger partial charge in [0.25, 0.3) is 0 Å². The van der Waals surface area contributed by atoms with Crippen molar-refractivity contribution < 1.29 is 8.42 Å². The van der Waals surface area contributed by atoms with Crippen LogP contribution in [0.2, 0.25) is 0 Å². The minimum absolute atomic E-state index is 0.156. The topological polar surface area (TPSA) is 61.2 Å². The van der Waals surface area contributed by atoms with Gasteiger partial charge in [0.1, 0.15) is 0 Å². The molecule has 0 bridgehead atoms. The maximum atomic E-state index is 12.6. The van der Waals surface area contributed by atoms with E-state index in [0.717, 1.165) is 12.8 Å². The first kappa shape index (κ1) is 14.0. The van der Waals surface area contributed by atoms with Gasteiger partial charge in [0.05, 0.1) is 16.5 Å². The molecule has 19 heavy (non-hydrogen) atoms. The number of nitrogens with zero attached hydrogens (tertiary/aromatic N) is 2. The fraction of sp³-hybridized carbons (Fsp3) is 0.500. The minimum atomic E-state index is -3.43. The Hall–Kier alpha value is -1.38. The summed E-state index contributed by atoms with van der Waals surface area (Å²) in [7, 11) is -3.43. The third-order valence-corrected chi connectivity index (χ3v) is 5.02. The molecule has 102 valence electrons. The maximum absolute atomic E-state index is 12.6. The van der Waals surface area contributed by atoms with Crippen molar-refractivity contribution in [2.24, 2.45) is 5.92 Å². The Kier molecular flexibility index (Phi) is 3.93. The fourth-order valence-corrected chi connectivity index (χ4v) is 3.85. The van der Waals surface area contributed by atoms with E-state index < -0.39 is 10.0 Å². The largest absolute Gasteiger partial charge is 0.243 e. The van der Waals surface area contributed by atoms with Gasteiger partial charge in [0.2, 0.25) is 10.0 Å². The quantitative estimate of drug-likeness (QED) is 0.830. The van der Waals surface area contributed by atoms with Crippen molar-refractivity contribution in [1.82, 2.24) is 4.31 Å². The Labute approximate surface area is 114 Å². The molecule has 0 atom stereocenters. The predicted molar refractivity (Wildman–Crippen MR) is 72.9 cm³/mol. The van der Waals surface area contributed by atoms with Gasteiger partial charge in [-0.2, -0.15) is 9.57 Å². The molecular formula is C14H18N2O2S. The summed E-state index contributed by atoms with van der Waals surface area (Å²) in [4.78, 5) is 0.277. The first-order valence-corrected chi connectivity index (χ1v) is 7.91. The summed E-state index contributed by atoms with van der Waals surface area (Å²) in [5.41, 5.74) is 0.473. The van der Waals surface area contributed by atoms with Crippen LogP contribution in [0.25, 0.3) is 0 Å². The van der Waals surface area contributed by atoms with Gasteiger partial charge in [-0.05, 0) is 43.0 Å². The molecule has 0 unspecified atom stereocenters. The first-order valence-electron chi connectivity index (χ1n) is 6.47. The molecule has 4 nitrogen and oxygen atoms in total. The van der Waals surface area contributed by atoms with Gasteiger partial charge in [-0.3, -0.25) is 0 Å². The molecule has 0 amide bonds. The molecule has 5 heteroatoms. The Morgan fingerprint density at radius 3 is 2.32 bits per heavy atom. The van der Waals surface area contributed by atoms with E-state index in [2.05, 4.69) is 0 Å². The van der Waals surface area contributed by atoms with Crippen molar-refractivity contribution in [2.45, 2.75) is 37.6 Å². The van der Waals surface area contributed by atoms with Crippen molar-refractivity contribution in [3.8, 4) is 6.07 Å². The van der Waals surface area contributed by atoms with Crippen LogP contribution in [0.1, 0.15) is 32.3 Å². The van der Waals surface area contributed by atoms with Gasteiger partial charge >= 0.3 is 0 Å². The van der Waals surface area contributed by atoms with Crippen molar-refractivity contribution in [3.63, 3.8) is 0 Å². The van der Waals surface area contributed by atoms with Gasteiger partial charge in [-0.1, -0.05) is 13.8 Å². The first-order chi connectivity index (χ1) is 8.95. The molecule has 0 aromatic heterocycles. The molecule has 0 heterocycles. The van der Waals surface area contributed by atoms with Gasteiger partial charge in [0, 0.05) is 12.6 Å². The molecule has 0 radical (unpaired) electrons. The zero-order valence-corrected chi connectivity index (χ0v) is 12.0. The van der Waals surface area contributed by atoms with E-state index >= 15 is 0 Å². The zero-order valence-electron chi connectivity index (χ0n) is 11.2. The second kappa shape index (κ2) is 5.32. The average Bonchev–Trinajstić information content (AvgIpc) is 3.20. The van der Waals surface area contributed by atoms with Crippen LogP contribution in [0.5, 0.6) is 0 Å². The molecular weight excluding hydrogens is 260 g/mol. The van der Waals surface area contributed by atoms with Crippen LogP contribution in [0.4, 0.5) is 0 Å². The molecule has 2 rings (SSSR count). The summed E-state index contributed by atoms with van der Waals surface area (Å²) in [5, 5.41) is 8.75. The van der Waals surface area contributed by atoms with Crippen LogP contribution in [0, 0.1) is 17.2 Å². The molecule has 1 aliphatic rings. The highest BCUT2D eigenvalue weighted by Crippen LogP contribution is 2.32. The van der Waals surface area contributed by atoms with E-state index in [1.165, 1.54) is 12.1 Å². The van der Waals surface area contributed by atoms with Crippen LogP contribution in [-0.4, -0.2) is 25.3 Å². The molecule has 1 saturated carbocycles. The Morgan fingerprint density at radius 1 is 1.32 bits per heavy atom. The van der Waals surface area contributed by atoms with Crippen molar-refractivity contribution >= 4 is 10.0 Å². The summed E-state index contributed by atoms with van der Waals surface area (Å²) < 4.78 is 26.8. The summed E-state index contributed by atoms with van der Waals surface area (Å²) in [6.07, 6.45) is 1.89. The maximum Gasteiger partial charge on any atom is 0.243 e. The number of hydrogen-bond acceptors (Lipinski definition) is 3. The third-order valence-electron chi connectivity index (χ3n) is 3.09. The van der Waals surface area contributed by atoms with Crippen LogP contribution in [0.15, 0.2) is 29.2 Å². The lowest BCUT2D eigenvalue weighted by Gasteiger charge is -2.23. The van der Waals surface area contributed by atoms with E-state index in [9.17, 15) is 8.42 Å². The van der Waals surface area contributed by atoms with Crippen LogP contribution in [-0.2, 0) is 10.0 Å². The SMILES string of the molecule is CC(C)CN(C1CC1)S(=O)(=O)c1ccc(C#N)cc1. The second-order valence-corrected chi connectivity index (χ2v) is 7.23. The lowest BCUT2D eigenvalue weighted by Crippen LogP contribution is -2.36. The van der Waals surface area contributed by atoms with Crippen LogP contribution >= 0.6 is 0 Å². The van der Waals surface area contributed by atoms with Crippen molar-refractivity contribution in [2.75, 3.05) is 6.54 Å². The highest BCUT2D eigenvalue weighted by Gasteiger charge is 2.38. The van der Waals surface area contributed by atoms with Crippen LogP contribution in [0.3, 0.4) is 0 Å². The number of hydrogen-bond donors (Lipinski definition) is 0. The molecule has 0 N–H and O–H groups in total. The molecule has 0 saturated heterocycles. The monoisotopic (exact) mass is 278 g/mol. The Bertz CT molecular complexity index is 581.